The van der Waals surface area contributed by atoms with Crippen molar-refractivity contribution >= 4 is 29.1 Å². The zero-order valence-electron chi connectivity index (χ0n) is 16.3. The van der Waals surface area contributed by atoms with Crippen LogP contribution in [-0.4, -0.2) is 18.4 Å². The lowest BCUT2D eigenvalue weighted by Gasteiger charge is -2.36. The first-order chi connectivity index (χ1) is 13.5. The monoisotopic (exact) mass is 398 g/mol. The summed E-state index contributed by atoms with van der Waals surface area (Å²) in [6, 6.07) is 15.3. The number of halogens is 1. The number of amides is 2. The number of hydrogen-bond donors (Lipinski definition) is 2. The molecule has 5 heteroatoms. The standard InChI is InChI=1S/C23H27ClN2O2/c1-2-17-9-4-5-12-20(17)26-21(27)16-25-22(28)23(13-6-3-7-14-23)18-10-8-11-19(24)15-18/h4-5,8-12,15H,2-3,6-7,13-14,16H2,1H3,(H,25,28)(H,26,27). The van der Waals surface area contributed by atoms with Gasteiger partial charge in [0.25, 0.3) is 0 Å². The second-order valence-electron chi connectivity index (χ2n) is 7.39. The van der Waals surface area contributed by atoms with Crippen molar-refractivity contribution in [1.29, 1.82) is 0 Å². The first-order valence-corrected chi connectivity index (χ1v) is 10.3. The molecular formula is C23H27ClN2O2. The summed E-state index contributed by atoms with van der Waals surface area (Å²) < 4.78 is 0. The van der Waals surface area contributed by atoms with Gasteiger partial charge in [0.1, 0.15) is 0 Å². The van der Waals surface area contributed by atoms with Gasteiger partial charge in [-0.15, -0.1) is 0 Å². The van der Waals surface area contributed by atoms with Crippen LogP contribution in [0.1, 0.15) is 50.2 Å². The van der Waals surface area contributed by atoms with Gasteiger partial charge in [0.2, 0.25) is 11.8 Å². The Bertz CT molecular complexity index is 844. The second kappa shape index (κ2) is 9.24. The normalized spacial score (nSPS) is 15.6. The zero-order chi connectivity index (χ0) is 20.0. The first-order valence-electron chi connectivity index (χ1n) is 9.97. The van der Waals surface area contributed by atoms with Crippen molar-refractivity contribution in [1.82, 2.24) is 5.32 Å². The van der Waals surface area contributed by atoms with Crippen LogP contribution in [0.25, 0.3) is 0 Å². The fourth-order valence-electron chi connectivity index (χ4n) is 4.06. The number of nitrogens with one attached hydrogen (secondary N) is 2. The minimum absolute atomic E-state index is 0.0425. The Morgan fingerprint density at radius 2 is 1.79 bits per heavy atom. The van der Waals surface area contributed by atoms with Gasteiger partial charge < -0.3 is 10.6 Å². The molecule has 28 heavy (non-hydrogen) atoms. The third-order valence-corrected chi connectivity index (χ3v) is 5.84. The minimum Gasteiger partial charge on any atom is -0.346 e. The maximum atomic E-state index is 13.2. The third-order valence-electron chi connectivity index (χ3n) is 5.60. The molecule has 1 saturated carbocycles. The molecule has 2 N–H and O–H groups in total. The lowest BCUT2D eigenvalue weighted by Crippen LogP contribution is -2.47. The third kappa shape index (κ3) is 4.56. The Balaban J connectivity index is 1.70. The van der Waals surface area contributed by atoms with E-state index < -0.39 is 5.41 Å². The maximum Gasteiger partial charge on any atom is 0.243 e. The fraction of sp³-hybridized carbons (Fsp3) is 0.391. The summed E-state index contributed by atoms with van der Waals surface area (Å²) >= 11 is 6.18. The van der Waals surface area contributed by atoms with Gasteiger partial charge in [-0.25, -0.2) is 0 Å². The summed E-state index contributed by atoms with van der Waals surface area (Å²) in [5, 5.41) is 6.41. The van der Waals surface area contributed by atoms with Crippen molar-refractivity contribution in [3.8, 4) is 0 Å². The molecule has 0 aromatic heterocycles. The van der Waals surface area contributed by atoms with Gasteiger partial charge >= 0.3 is 0 Å². The Labute approximate surface area is 171 Å². The smallest absolute Gasteiger partial charge is 0.243 e. The van der Waals surface area contributed by atoms with Crippen LogP contribution in [0.3, 0.4) is 0 Å². The van der Waals surface area contributed by atoms with Crippen LogP contribution in [0.15, 0.2) is 48.5 Å². The average Bonchev–Trinajstić information content (AvgIpc) is 2.73. The molecular weight excluding hydrogens is 372 g/mol. The Hall–Kier alpha value is -2.33. The molecule has 0 atom stereocenters. The molecule has 3 rings (SSSR count). The SMILES string of the molecule is CCc1ccccc1NC(=O)CNC(=O)C1(c2cccc(Cl)c2)CCCCC1. The van der Waals surface area contributed by atoms with Crippen molar-refractivity contribution in [3.63, 3.8) is 0 Å². The summed E-state index contributed by atoms with van der Waals surface area (Å²) in [5.74, 6) is -0.306. The average molecular weight is 399 g/mol. The highest BCUT2D eigenvalue weighted by atomic mass is 35.5. The molecule has 1 aliphatic carbocycles. The molecule has 0 aliphatic heterocycles. The maximum absolute atomic E-state index is 13.2. The topological polar surface area (TPSA) is 58.2 Å². The molecule has 148 valence electrons. The number of anilines is 1. The number of aryl methyl sites for hydroxylation is 1. The predicted octanol–water partition coefficient (Wildman–Crippen LogP) is 4.86. The van der Waals surface area contributed by atoms with Gasteiger partial charge in [0, 0.05) is 10.7 Å². The van der Waals surface area contributed by atoms with Crippen LogP contribution in [0.4, 0.5) is 5.69 Å². The summed E-state index contributed by atoms with van der Waals surface area (Å²) in [4.78, 5) is 25.6. The highest BCUT2D eigenvalue weighted by Crippen LogP contribution is 2.40. The molecule has 2 aromatic rings. The molecule has 1 aliphatic rings. The van der Waals surface area contributed by atoms with Crippen molar-refractivity contribution in [2.75, 3.05) is 11.9 Å². The molecule has 0 bridgehead atoms. The second-order valence-corrected chi connectivity index (χ2v) is 7.83. The van der Waals surface area contributed by atoms with Gasteiger partial charge in [-0.1, -0.05) is 68.1 Å². The summed E-state index contributed by atoms with van der Waals surface area (Å²) in [5.41, 5.74) is 2.20. The highest BCUT2D eigenvalue weighted by Gasteiger charge is 2.41. The van der Waals surface area contributed by atoms with E-state index in [0.29, 0.717) is 5.02 Å². The Morgan fingerprint density at radius 1 is 1.04 bits per heavy atom. The van der Waals surface area contributed by atoms with Crippen LogP contribution >= 0.6 is 11.6 Å². The van der Waals surface area contributed by atoms with E-state index in [1.807, 2.05) is 55.5 Å². The van der Waals surface area contributed by atoms with E-state index in [9.17, 15) is 9.59 Å². The zero-order valence-corrected chi connectivity index (χ0v) is 17.0. The number of para-hydroxylation sites is 1. The highest BCUT2D eigenvalue weighted by molar-refractivity contribution is 6.30. The summed E-state index contributed by atoms with van der Waals surface area (Å²) in [6.07, 6.45) is 5.51. The molecule has 0 unspecified atom stereocenters. The molecule has 0 spiro atoms. The Kier molecular flexibility index (Phi) is 6.74. The quantitative estimate of drug-likeness (QED) is 0.730. The van der Waals surface area contributed by atoms with E-state index >= 15 is 0 Å². The molecule has 0 saturated heterocycles. The lowest BCUT2D eigenvalue weighted by molar-refractivity contribution is -0.129. The molecule has 2 aromatic carbocycles. The van der Waals surface area contributed by atoms with Crippen molar-refractivity contribution in [2.45, 2.75) is 50.9 Å². The summed E-state index contributed by atoms with van der Waals surface area (Å²) in [6.45, 7) is 2.00. The van der Waals surface area contributed by atoms with E-state index in [1.54, 1.807) is 0 Å². The van der Waals surface area contributed by atoms with E-state index in [2.05, 4.69) is 10.6 Å². The molecule has 1 fully saturated rings. The van der Waals surface area contributed by atoms with Crippen molar-refractivity contribution < 1.29 is 9.59 Å². The first kappa shape index (κ1) is 20.4. The van der Waals surface area contributed by atoms with Crippen LogP contribution < -0.4 is 10.6 Å². The summed E-state index contributed by atoms with van der Waals surface area (Å²) in [7, 11) is 0. The fourth-order valence-corrected chi connectivity index (χ4v) is 4.25. The Morgan fingerprint density at radius 3 is 2.50 bits per heavy atom. The van der Waals surface area contributed by atoms with Crippen molar-refractivity contribution in [3.05, 3.63) is 64.7 Å². The van der Waals surface area contributed by atoms with Gasteiger partial charge in [-0.3, -0.25) is 9.59 Å². The minimum atomic E-state index is -0.606. The van der Waals surface area contributed by atoms with Crippen LogP contribution in [0.2, 0.25) is 5.02 Å². The number of rotatable bonds is 6. The van der Waals surface area contributed by atoms with E-state index in [1.165, 1.54) is 0 Å². The number of carbonyl (C=O) groups excluding carboxylic acids is 2. The van der Waals surface area contributed by atoms with E-state index in [-0.39, 0.29) is 18.4 Å². The van der Waals surface area contributed by atoms with E-state index in [4.69, 9.17) is 11.6 Å². The molecule has 4 nitrogen and oxygen atoms in total. The van der Waals surface area contributed by atoms with E-state index in [0.717, 1.165) is 55.3 Å². The van der Waals surface area contributed by atoms with Gasteiger partial charge in [-0.05, 0) is 48.6 Å². The van der Waals surface area contributed by atoms with Gasteiger partial charge in [-0.2, -0.15) is 0 Å². The number of carbonyl (C=O) groups is 2. The lowest BCUT2D eigenvalue weighted by atomic mass is 9.68. The molecule has 0 radical (unpaired) electrons. The largest absolute Gasteiger partial charge is 0.346 e. The predicted molar refractivity (Wildman–Crippen MR) is 114 cm³/mol. The number of hydrogen-bond acceptors (Lipinski definition) is 2. The van der Waals surface area contributed by atoms with Crippen LogP contribution in [0, 0.1) is 0 Å². The van der Waals surface area contributed by atoms with Crippen LogP contribution in [-0.2, 0) is 21.4 Å². The molecule has 2 amide bonds. The van der Waals surface area contributed by atoms with Crippen LogP contribution in [0.5, 0.6) is 0 Å². The van der Waals surface area contributed by atoms with Crippen molar-refractivity contribution in [2.24, 2.45) is 0 Å². The molecule has 0 heterocycles. The van der Waals surface area contributed by atoms with Gasteiger partial charge in [0.05, 0.1) is 12.0 Å². The van der Waals surface area contributed by atoms with Gasteiger partial charge in [0.15, 0.2) is 0 Å². The number of benzene rings is 2.